The van der Waals surface area contributed by atoms with Crippen LogP contribution in [0.2, 0.25) is 0 Å². The number of fused-ring (bicyclic) bond motifs is 1. The molecule has 3 aromatic heterocycles. The molecule has 4 aromatic rings. The van der Waals surface area contributed by atoms with Gasteiger partial charge in [0.25, 0.3) is 5.56 Å². The number of thiophene rings is 1. The van der Waals surface area contributed by atoms with Crippen molar-refractivity contribution in [1.29, 1.82) is 0 Å². The first-order valence-electron chi connectivity index (χ1n) is 7.08. The van der Waals surface area contributed by atoms with Crippen LogP contribution in [0.3, 0.4) is 0 Å². The second kappa shape index (κ2) is 5.37. The minimum absolute atomic E-state index is 0.00931. The van der Waals surface area contributed by atoms with Crippen molar-refractivity contribution in [3.63, 3.8) is 0 Å². The number of benzene rings is 1. The van der Waals surface area contributed by atoms with Gasteiger partial charge in [-0.3, -0.25) is 9.78 Å². The molecule has 3 heterocycles. The smallest absolute Gasteiger partial charge is 0.260 e. The molecule has 2 N–H and O–H groups in total. The zero-order valence-corrected chi connectivity index (χ0v) is 12.8. The quantitative estimate of drug-likeness (QED) is 0.586. The van der Waals surface area contributed by atoms with Crippen LogP contribution in [-0.2, 0) is 0 Å². The second-order valence-electron chi connectivity index (χ2n) is 5.14. The minimum atomic E-state index is -0.291. The highest BCUT2D eigenvalue weighted by molar-refractivity contribution is 7.17. The molecule has 0 atom stereocenters. The van der Waals surface area contributed by atoms with E-state index in [0.29, 0.717) is 21.3 Å². The molecule has 0 saturated carbocycles. The average molecular weight is 320 g/mol. The lowest BCUT2D eigenvalue weighted by Gasteiger charge is -2.07. The van der Waals surface area contributed by atoms with Gasteiger partial charge in [0.05, 0.1) is 10.9 Å². The third kappa shape index (κ3) is 2.22. The van der Waals surface area contributed by atoms with Crippen LogP contribution in [0.1, 0.15) is 0 Å². The SMILES string of the molecule is O=c1[nH]c2scc(-c3cccnc3)c2c(O)c1-c1ccccc1. The molecule has 0 radical (unpaired) electrons. The number of nitrogens with zero attached hydrogens (tertiary/aromatic N) is 1. The van der Waals surface area contributed by atoms with E-state index in [9.17, 15) is 9.90 Å². The van der Waals surface area contributed by atoms with Crippen molar-refractivity contribution in [3.05, 3.63) is 70.6 Å². The molecule has 0 aliphatic rings. The van der Waals surface area contributed by atoms with E-state index >= 15 is 0 Å². The summed E-state index contributed by atoms with van der Waals surface area (Å²) in [4.78, 5) is 20.0. The van der Waals surface area contributed by atoms with Crippen LogP contribution in [0.5, 0.6) is 5.75 Å². The highest BCUT2D eigenvalue weighted by atomic mass is 32.1. The molecule has 0 fully saturated rings. The number of hydrogen-bond donors (Lipinski definition) is 2. The molecule has 0 unspecified atom stereocenters. The molecule has 4 nitrogen and oxygen atoms in total. The summed E-state index contributed by atoms with van der Waals surface area (Å²) in [6, 6.07) is 13.0. The Morgan fingerprint density at radius 2 is 1.83 bits per heavy atom. The normalized spacial score (nSPS) is 11.0. The first-order chi connectivity index (χ1) is 11.3. The van der Waals surface area contributed by atoms with E-state index < -0.39 is 0 Å². The average Bonchev–Trinajstić information content (AvgIpc) is 3.00. The lowest BCUT2D eigenvalue weighted by Crippen LogP contribution is -2.08. The van der Waals surface area contributed by atoms with E-state index in [1.165, 1.54) is 11.3 Å². The first kappa shape index (κ1) is 13.7. The Hall–Kier alpha value is -2.92. The highest BCUT2D eigenvalue weighted by Crippen LogP contribution is 2.41. The van der Waals surface area contributed by atoms with Crippen LogP contribution in [0.25, 0.3) is 32.5 Å². The molecule has 0 aliphatic carbocycles. The summed E-state index contributed by atoms with van der Waals surface area (Å²) in [5.74, 6) is 0.00931. The van der Waals surface area contributed by atoms with Gasteiger partial charge in [0.15, 0.2) is 0 Å². The third-order valence-electron chi connectivity index (χ3n) is 3.75. The van der Waals surface area contributed by atoms with Gasteiger partial charge < -0.3 is 10.1 Å². The Bertz CT molecular complexity index is 1040. The Morgan fingerprint density at radius 3 is 2.57 bits per heavy atom. The van der Waals surface area contributed by atoms with E-state index in [4.69, 9.17) is 0 Å². The largest absolute Gasteiger partial charge is 0.506 e. The fourth-order valence-electron chi connectivity index (χ4n) is 2.69. The van der Waals surface area contributed by atoms with Crippen LogP contribution in [0, 0.1) is 0 Å². The van der Waals surface area contributed by atoms with Crippen LogP contribution in [-0.4, -0.2) is 15.1 Å². The standard InChI is InChI=1S/C18H12N2O2S/c21-16-14(11-5-2-1-3-6-11)17(22)20-18-15(16)13(10-23-18)12-7-4-8-19-9-12/h1-10H,(H2,20,21,22). The second-order valence-corrected chi connectivity index (χ2v) is 6.02. The van der Waals surface area contributed by atoms with E-state index in [1.807, 2.05) is 47.8 Å². The van der Waals surface area contributed by atoms with Gasteiger partial charge in [-0.25, -0.2) is 0 Å². The molecule has 0 bridgehead atoms. The molecule has 0 aliphatic heterocycles. The van der Waals surface area contributed by atoms with Crippen molar-refractivity contribution >= 4 is 21.6 Å². The number of nitrogens with one attached hydrogen (secondary N) is 1. The maximum atomic E-state index is 12.4. The molecule has 112 valence electrons. The summed E-state index contributed by atoms with van der Waals surface area (Å²) in [5, 5.41) is 13.4. The topological polar surface area (TPSA) is 66.0 Å². The Labute approximate surface area is 135 Å². The van der Waals surface area contributed by atoms with E-state index in [0.717, 1.165) is 11.1 Å². The lowest BCUT2D eigenvalue weighted by atomic mass is 10.0. The van der Waals surface area contributed by atoms with Gasteiger partial charge in [-0.15, -0.1) is 11.3 Å². The molecule has 4 rings (SSSR count). The summed E-state index contributed by atoms with van der Waals surface area (Å²) in [5.41, 5.74) is 2.46. The van der Waals surface area contributed by atoms with Gasteiger partial charge in [-0.2, -0.15) is 0 Å². The summed E-state index contributed by atoms with van der Waals surface area (Å²) in [6.07, 6.45) is 3.45. The summed E-state index contributed by atoms with van der Waals surface area (Å²) >= 11 is 1.40. The van der Waals surface area contributed by atoms with Crippen molar-refractivity contribution in [2.45, 2.75) is 0 Å². The number of aromatic hydroxyl groups is 1. The van der Waals surface area contributed by atoms with Crippen LogP contribution < -0.4 is 5.56 Å². The zero-order chi connectivity index (χ0) is 15.8. The predicted octanol–water partition coefficient (Wildman–Crippen LogP) is 4.02. The van der Waals surface area contributed by atoms with Gasteiger partial charge >= 0.3 is 0 Å². The van der Waals surface area contributed by atoms with E-state index in [-0.39, 0.29) is 11.3 Å². The Balaban J connectivity index is 2.06. The van der Waals surface area contributed by atoms with Gasteiger partial charge in [0.1, 0.15) is 10.6 Å². The van der Waals surface area contributed by atoms with Gasteiger partial charge in [0, 0.05) is 28.9 Å². The number of aromatic nitrogens is 2. The zero-order valence-electron chi connectivity index (χ0n) is 12.0. The van der Waals surface area contributed by atoms with Crippen LogP contribution >= 0.6 is 11.3 Å². The summed E-state index contributed by atoms with van der Waals surface area (Å²) < 4.78 is 0. The molecule has 0 amide bonds. The molecule has 0 spiro atoms. The monoisotopic (exact) mass is 320 g/mol. The maximum Gasteiger partial charge on any atom is 0.260 e. The molecule has 23 heavy (non-hydrogen) atoms. The fraction of sp³-hybridized carbons (Fsp3) is 0. The number of aromatic amines is 1. The summed E-state index contributed by atoms with van der Waals surface area (Å²) in [6.45, 7) is 0. The maximum absolute atomic E-state index is 12.4. The molecule has 5 heteroatoms. The third-order valence-corrected chi connectivity index (χ3v) is 4.65. The number of rotatable bonds is 2. The minimum Gasteiger partial charge on any atom is -0.506 e. The van der Waals surface area contributed by atoms with Crippen molar-refractivity contribution < 1.29 is 5.11 Å². The van der Waals surface area contributed by atoms with Gasteiger partial charge in [0.2, 0.25) is 0 Å². The number of pyridine rings is 2. The Kier molecular flexibility index (Phi) is 3.20. The van der Waals surface area contributed by atoms with Crippen molar-refractivity contribution in [1.82, 2.24) is 9.97 Å². The van der Waals surface area contributed by atoms with Crippen molar-refractivity contribution in [2.75, 3.05) is 0 Å². The number of hydrogen-bond acceptors (Lipinski definition) is 4. The van der Waals surface area contributed by atoms with Gasteiger partial charge in [-0.1, -0.05) is 36.4 Å². The van der Waals surface area contributed by atoms with E-state index in [1.54, 1.807) is 12.4 Å². The highest BCUT2D eigenvalue weighted by Gasteiger charge is 2.18. The van der Waals surface area contributed by atoms with Crippen LogP contribution in [0.4, 0.5) is 0 Å². The predicted molar refractivity (Wildman–Crippen MR) is 92.8 cm³/mol. The lowest BCUT2D eigenvalue weighted by molar-refractivity contribution is 0.483. The van der Waals surface area contributed by atoms with Gasteiger partial charge in [-0.05, 0) is 11.6 Å². The first-order valence-corrected chi connectivity index (χ1v) is 7.96. The van der Waals surface area contributed by atoms with E-state index in [2.05, 4.69) is 9.97 Å². The Morgan fingerprint density at radius 1 is 1.04 bits per heavy atom. The fourth-order valence-corrected chi connectivity index (χ4v) is 3.66. The van der Waals surface area contributed by atoms with Crippen LogP contribution in [0.15, 0.2) is 65.0 Å². The molecule has 0 saturated heterocycles. The van der Waals surface area contributed by atoms with Crippen molar-refractivity contribution in [3.8, 4) is 28.0 Å². The number of H-pyrrole nitrogens is 1. The molecule has 1 aromatic carbocycles. The molecular weight excluding hydrogens is 308 g/mol. The molecular formula is C18H12N2O2S. The van der Waals surface area contributed by atoms with Crippen molar-refractivity contribution in [2.24, 2.45) is 0 Å². The summed E-state index contributed by atoms with van der Waals surface area (Å²) in [7, 11) is 0.